The minimum atomic E-state index is 0.181. The van der Waals surface area contributed by atoms with E-state index >= 15 is 0 Å². The van der Waals surface area contributed by atoms with Crippen molar-refractivity contribution in [3.8, 4) is 0 Å². The Morgan fingerprint density at radius 3 is 2.30 bits per heavy atom. The molecule has 1 aliphatic heterocycles. The van der Waals surface area contributed by atoms with Gasteiger partial charge >= 0.3 is 0 Å². The lowest BCUT2D eigenvalue weighted by molar-refractivity contribution is 0.00234. The Kier molecular flexibility index (Phi) is 4.78. The van der Waals surface area contributed by atoms with Crippen LogP contribution in [-0.2, 0) is 6.54 Å². The van der Waals surface area contributed by atoms with Crippen LogP contribution < -0.4 is 5.32 Å². The van der Waals surface area contributed by atoms with Gasteiger partial charge in [-0.1, -0.05) is 37.6 Å². The Labute approximate surface area is 128 Å². The van der Waals surface area contributed by atoms with Crippen LogP contribution in [0.1, 0.15) is 46.1 Å². The maximum absolute atomic E-state index is 5.99. The van der Waals surface area contributed by atoms with Crippen LogP contribution in [0, 0.1) is 0 Å². The van der Waals surface area contributed by atoms with Gasteiger partial charge in [0.05, 0.1) is 0 Å². The van der Waals surface area contributed by atoms with Crippen molar-refractivity contribution in [2.75, 3.05) is 13.1 Å². The molecule has 0 saturated carbocycles. The van der Waals surface area contributed by atoms with Gasteiger partial charge in [-0.3, -0.25) is 4.90 Å². The van der Waals surface area contributed by atoms with Crippen LogP contribution in [0.2, 0.25) is 5.02 Å². The molecule has 1 saturated heterocycles. The molecule has 1 aliphatic rings. The zero-order valence-corrected chi connectivity index (χ0v) is 13.9. The molecule has 0 bridgehead atoms. The second-order valence-electron chi connectivity index (χ2n) is 6.65. The third-order valence-corrected chi connectivity index (χ3v) is 5.01. The van der Waals surface area contributed by atoms with Crippen molar-refractivity contribution in [3.05, 3.63) is 34.9 Å². The van der Waals surface area contributed by atoms with Gasteiger partial charge in [0, 0.05) is 35.7 Å². The van der Waals surface area contributed by atoms with Gasteiger partial charge in [0.2, 0.25) is 0 Å². The summed E-state index contributed by atoms with van der Waals surface area (Å²) in [6, 6.07) is 8.27. The van der Waals surface area contributed by atoms with Crippen LogP contribution >= 0.6 is 11.6 Å². The van der Waals surface area contributed by atoms with Gasteiger partial charge in [-0.25, -0.2) is 0 Å². The van der Waals surface area contributed by atoms with Crippen LogP contribution in [0.5, 0.6) is 0 Å². The molecule has 1 heterocycles. The van der Waals surface area contributed by atoms with Crippen LogP contribution in [0.3, 0.4) is 0 Å². The van der Waals surface area contributed by atoms with Crippen LogP contribution in [-0.4, -0.2) is 29.1 Å². The van der Waals surface area contributed by atoms with E-state index in [4.69, 9.17) is 11.6 Å². The van der Waals surface area contributed by atoms with E-state index in [9.17, 15) is 0 Å². The molecule has 0 unspecified atom stereocenters. The number of piperazine rings is 1. The van der Waals surface area contributed by atoms with E-state index in [0.29, 0.717) is 0 Å². The molecule has 112 valence electrons. The van der Waals surface area contributed by atoms with E-state index in [1.807, 2.05) is 12.1 Å². The first-order valence-electron chi connectivity index (χ1n) is 7.65. The fraction of sp³-hybridized carbons (Fsp3) is 0.647. The summed E-state index contributed by atoms with van der Waals surface area (Å²) in [6.45, 7) is 12.3. The normalized spacial score (nSPS) is 21.9. The fourth-order valence-electron chi connectivity index (χ4n) is 3.20. The first kappa shape index (κ1) is 15.8. The summed E-state index contributed by atoms with van der Waals surface area (Å²) in [5, 5.41) is 4.52. The number of hydrogen-bond acceptors (Lipinski definition) is 2. The fourth-order valence-corrected chi connectivity index (χ4v) is 3.32. The molecule has 1 fully saturated rings. The molecule has 2 nitrogen and oxygen atoms in total. The molecule has 3 heteroatoms. The summed E-state index contributed by atoms with van der Waals surface area (Å²) >= 11 is 5.99. The summed E-state index contributed by atoms with van der Waals surface area (Å²) in [4.78, 5) is 2.66. The predicted molar refractivity (Wildman–Crippen MR) is 87.3 cm³/mol. The van der Waals surface area contributed by atoms with Gasteiger partial charge in [-0.2, -0.15) is 0 Å². The minimum Gasteiger partial charge on any atom is -0.309 e. The molecular formula is C17H27ClN2. The number of rotatable bonds is 4. The molecule has 0 atom stereocenters. The molecule has 0 amide bonds. The number of hydrogen-bond donors (Lipinski definition) is 1. The van der Waals surface area contributed by atoms with Crippen LogP contribution in [0.4, 0.5) is 0 Å². The van der Waals surface area contributed by atoms with E-state index in [1.54, 1.807) is 0 Å². The summed E-state index contributed by atoms with van der Waals surface area (Å²) in [6.07, 6.45) is 2.36. The smallest absolute Gasteiger partial charge is 0.0406 e. The Balaban J connectivity index is 2.21. The molecule has 20 heavy (non-hydrogen) atoms. The monoisotopic (exact) mass is 294 g/mol. The van der Waals surface area contributed by atoms with Crippen molar-refractivity contribution in [1.82, 2.24) is 10.2 Å². The van der Waals surface area contributed by atoms with E-state index in [-0.39, 0.29) is 11.1 Å². The van der Waals surface area contributed by atoms with Gasteiger partial charge in [0.1, 0.15) is 0 Å². The SMILES string of the molecule is CCC1(CC)CNC(C)(C)CN1Cc1ccc(Cl)cc1. The van der Waals surface area contributed by atoms with Gasteiger partial charge < -0.3 is 5.32 Å². The summed E-state index contributed by atoms with van der Waals surface area (Å²) < 4.78 is 0. The second-order valence-corrected chi connectivity index (χ2v) is 7.09. The van der Waals surface area contributed by atoms with E-state index < -0.39 is 0 Å². The van der Waals surface area contributed by atoms with E-state index in [1.165, 1.54) is 18.4 Å². The third kappa shape index (κ3) is 3.36. The van der Waals surface area contributed by atoms with Gasteiger partial charge in [0.25, 0.3) is 0 Å². The molecule has 0 spiro atoms. The molecule has 1 aromatic rings. The van der Waals surface area contributed by atoms with E-state index in [0.717, 1.165) is 24.7 Å². The molecule has 2 rings (SSSR count). The molecule has 0 aliphatic carbocycles. The maximum Gasteiger partial charge on any atom is 0.0406 e. The molecule has 1 aromatic carbocycles. The summed E-state index contributed by atoms with van der Waals surface area (Å²) in [5.74, 6) is 0. The van der Waals surface area contributed by atoms with Crippen molar-refractivity contribution >= 4 is 11.6 Å². The second kappa shape index (κ2) is 6.05. The lowest BCUT2D eigenvalue weighted by Gasteiger charge is -2.52. The Bertz CT molecular complexity index is 435. The average molecular weight is 295 g/mol. The van der Waals surface area contributed by atoms with Crippen molar-refractivity contribution < 1.29 is 0 Å². The van der Waals surface area contributed by atoms with Crippen molar-refractivity contribution in [2.45, 2.75) is 58.2 Å². The van der Waals surface area contributed by atoms with Crippen LogP contribution in [0.15, 0.2) is 24.3 Å². The highest BCUT2D eigenvalue weighted by molar-refractivity contribution is 6.30. The largest absolute Gasteiger partial charge is 0.309 e. The van der Waals surface area contributed by atoms with Crippen LogP contribution in [0.25, 0.3) is 0 Å². The summed E-state index contributed by atoms with van der Waals surface area (Å²) in [7, 11) is 0. The summed E-state index contributed by atoms with van der Waals surface area (Å²) in [5.41, 5.74) is 1.80. The standard InChI is InChI=1S/C17H27ClN2/c1-5-17(6-2)12-19-16(3,4)13-20(17)11-14-7-9-15(18)10-8-14/h7-10,19H,5-6,11-13H2,1-4H3. The molecule has 0 aromatic heterocycles. The number of halogens is 1. The van der Waals surface area contributed by atoms with Crippen molar-refractivity contribution in [2.24, 2.45) is 0 Å². The highest BCUT2D eigenvalue weighted by atomic mass is 35.5. The van der Waals surface area contributed by atoms with Crippen molar-refractivity contribution in [1.29, 1.82) is 0 Å². The van der Waals surface area contributed by atoms with E-state index in [2.05, 4.69) is 50.0 Å². The topological polar surface area (TPSA) is 15.3 Å². The lowest BCUT2D eigenvalue weighted by Crippen LogP contribution is -2.67. The molecule has 1 N–H and O–H groups in total. The number of nitrogens with zero attached hydrogens (tertiary/aromatic N) is 1. The first-order chi connectivity index (χ1) is 9.41. The lowest BCUT2D eigenvalue weighted by atomic mass is 9.84. The van der Waals surface area contributed by atoms with Gasteiger partial charge in [-0.05, 0) is 44.4 Å². The number of benzene rings is 1. The van der Waals surface area contributed by atoms with Gasteiger partial charge in [0.15, 0.2) is 0 Å². The highest BCUT2D eigenvalue weighted by Gasteiger charge is 2.41. The van der Waals surface area contributed by atoms with Crippen molar-refractivity contribution in [3.63, 3.8) is 0 Å². The number of nitrogens with one attached hydrogen (secondary N) is 1. The Hall–Kier alpha value is -0.570. The molecule has 0 radical (unpaired) electrons. The average Bonchev–Trinajstić information content (AvgIpc) is 2.42. The molecular weight excluding hydrogens is 268 g/mol. The minimum absolute atomic E-state index is 0.181. The first-order valence-corrected chi connectivity index (χ1v) is 8.03. The Morgan fingerprint density at radius 2 is 1.75 bits per heavy atom. The van der Waals surface area contributed by atoms with Gasteiger partial charge in [-0.15, -0.1) is 0 Å². The quantitative estimate of drug-likeness (QED) is 0.900. The zero-order valence-electron chi connectivity index (χ0n) is 13.2. The maximum atomic E-state index is 5.99. The highest BCUT2D eigenvalue weighted by Crippen LogP contribution is 2.31. The Morgan fingerprint density at radius 1 is 1.15 bits per heavy atom. The predicted octanol–water partition coefficient (Wildman–Crippen LogP) is 4.08. The third-order valence-electron chi connectivity index (χ3n) is 4.76. The zero-order chi connectivity index (χ0) is 14.8.